The number of nitrogens with one attached hydrogen (secondary N) is 3. The zero-order valence-electron chi connectivity index (χ0n) is 30.0. The number of amides is 2. The van der Waals surface area contributed by atoms with Gasteiger partial charge in [0.1, 0.15) is 18.4 Å². The molecule has 3 N–H and O–H groups in total. The molecule has 2 heterocycles. The second-order valence-corrected chi connectivity index (χ2v) is 14.0. The van der Waals surface area contributed by atoms with Gasteiger partial charge in [-0.05, 0) is 83.5 Å². The third kappa shape index (κ3) is 8.85. The molecule has 10 nitrogen and oxygen atoms in total. The van der Waals surface area contributed by atoms with Crippen LogP contribution in [0.3, 0.4) is 0 Å². The number of aromatic nitrogens is 4. The monoisotopic (exact) mass is 705 g/mol. The quantitative estimate of drug-likeness (QED) is 0.118. The van der Waals surface area contributed by atoms with Crippen LogP contribution in [-0.2, 0) is 35.7 Å². The number of hydrogen-bond donors (Lipinski definition) is 3. The van der Waals surface area contributed by atoms with Crippen LogP contribution in [0.5, 0.6) is 5.75 Å². The Bertz CT molecular complexity index is 2130. The van der Waals surface area contributed by atoms with Gasteiger partial charge in [0.2, 0.25) is 17.6 Å². The lowest BCUT2D eigenvalue weighted by molar-refractivity contribution is -0.128. The topological polar surface area (TPSA) is 125 Å². The smallest absolute Gasteiger partial charge is 0.249 e. The second-order valence-electron chi connectivity index (χ2n) is 14.0. The van der Waals surface area contributed by atoms with E-state index in [1.165, 1.54) is 0 Å². The van der Waals surface area contributed by atoms with E-state index in [1.54, 1.807) is 0 Å². The summed E-state index contributed by atoms with van der Waals surface area (Å²) >= 11 is 0. The summed E-state index contributed by atoms with van der Waals surface area (Å²) in [4.78, 5) is 29.5. The van der Waals surface area contributed by atoms with Crippen molar-refractivity contribution < 1.29 is 14.3 Å². The number of benzene rings is 5. The van der Waals surface area contributed by atoms with Crippen LogP contribution in [0.2, 0.25) is 0 Å². The molecule has 7 rings (SSSR count). The summed E-state index contributed by atoms with van der Waals surface area (Å²) in [6.07, 6.45) is 1.42. The molecule has 0 saturated heterocycles. The normalized spacial score (nSPS) is 14.3. The SMILES string of the molecule is CC(C)(CC(=O)N[C@@H]1CCc2ccccc2N(Cc2ccc(-c3ccccc3-c3nn[nH]n3)cc2)C1=O)NCc1ccc(OCc2ccccc2)cc1. The average molecular weight is 706 g/mol. The molecule has 2 amide bonds. The zero-order valence-corrected chi connectivity index (χ0v) is 30.0. The van der Waals surface area contributed by atoms with Crippen molar-refractivity contribution in [1.82, 2.24) is 31.3 Å². The Morgan fingerprint density at radius 1 is 0.830 bits per heavy atom. The van der Waals surface area contributed by atoms with Crippen LogP contribution < -0.4 is 20.3 Å². The Labute approximate surface area is 309 Å². The fraction of sp³-hybridized carbons (Fsp3) is 0.233. The lowest BCUT2D eigenvalue weighted by Gasteiger charge is -2.29. The standard InChI is InChI=1S/C43H43N7O3/c1-43(2,44-27-30-18-23-35(24-19-30)53-29-32-10-4-3-5-11-32)26-40(51)45-38-25-22-34-12-6-9-15-39(34)50(42(38)52)28-31-16-20-33(21-17-31)36-13-7-8-14-37(36)41-46-48-49-47-41/h3-21,23-24,38,44H,22,25-29H2,1-2H3,(H,45,51)(H,46,47,48,49)/t38-/m1/s1. The van der Waals surface area contributed by atoms with Crippen molar-refractivity contribution >= 4 is 17.5 Å². The number of H-pyrrole nitrogens is 1. The number of fused-ring (bicyclic) bond motifs is 1. The molecule has 268 valence electrons. The van der Waals surface area contributed by atoms with Crippen molar-refractivity contribution in [2.75, 3.05) is 4.90 Å². The van der Waals surface area contributed by atoms with Gasteiger partial charge >= 0.3 is 0 Å². The molecule has 10 heteroatoms. The van der Waals surface area contributed by atoms with Crippen molar-refractivity contribution in [2.45, 2.75) is 64.4 Å². The maximum atomic E-state index is 14.2. The van der Waals surface area contributed by atoms with E-state index in [4.69, 9.17) is 4.74 Å². The van der Waals surface area contributed by atoms with Gasteiger partial charge in [-0.1, -0.05) is 109 Å². The number of carbonyl (C=O) groups excluding carboxylic acids is 2. The Kier molecular flexibility index (Phi) is 10.7. The zero-order chi connectivity index (χ0) is 36.6. The van der Waals surface area contributed by atoms with E-state index < -0.39 is 11.6 Å². The van der Waals surface area contributed by atoms with Crippen molar-refractivity contribution in [1.29, 1.82) is 0 Å². The summed E-state index contributed by atoms with van der Waals surface area (Å²) in [5.74, 6) is 1.05. The number of tetrazole rings is 1. The summed E-state index contributed by atoms with van der Waals surface area (Å²) in [5, 5.41) is 21.2. The van der Waals surface area contributed by atoms with E-state index in [2.05, 4.69) is 37.3 Å². The van der Waals surface area contributed by atoms with E-state index in [0.29, 0.717) is 38.4 Å². The number of carbonyl (C=O) groups is 2. The number of hydrogen-bond acceptors (Lipinski definition) is 7. The fourth-order valence-corrected chi connectivity index (χ4v) is 6.69. The predicted octanol–water partition coefficient (Wildman–Crippen LogP) is 7.04. The Morgan fingerprint density at radius 2 is 1.53 bits per heavy atom. The summed E-state index contributed by atoms with van der Waals surface area (Å²) < 4.78 is 5.92. The van der Waals surface area contributed by atoms with Gasteiger partial charge in [0.15, 0.2) is 0 Å². The van der Waals surface area contributed by atoms with Gasteiger partial charge in [-0.15, -0.1) is 10.2 Å². The minimum absolute atomic E-state index is 0.116. The number of aryl methyl sites for hydroxylation is 1. The number of ether oxygens (including phenoxy) is 1. The molecule has 1 aromatic heterocycles. The van der Waals surface area contributed by atoms with Gasteiger partial charge in [0.25, 0.3) is 0 Å². The summed E-state index contributed by atoms with van der Waals surface area (Å²) in [6.45, 7) is 5.49. The van der Waals surface area contributed by atoms with Gasteiger partial charge in [-0.3, -0.25) is 9.59 Å². The average Bonchev–Trinajstić information content (AvgIpc) is 3.69. The second kappa shape index (κ2) is 16.0. The lowest BCUT2D eigenvalue weighted by atomic mass is 9.98. The number of nitrogens with zero attached hydrogens (tertiary/aromatic N) is 4. The first kappa shape index (κ1) is 35.3. The van der Waals surface area contributed by atoms with Gasteiger partial charge in [0.05, 0.1) is 6.54 Å². The van der Waals surface area contributed by atoms with Gasteiger partial charge < -0.3 is 20.3 Å². The van der Waals surface area contributed by atoms with E-state index in [-0.39, 0.29) is 18.2 Å². The maximum absolute atomic E-state index is 14.2. The molecule has 0 unspecified atom stereocenters. The molecule has 1 aliphatic rings. The molecular weight excluding hydrogens is 663 g/mol. The first-order chi connectivity index (χ1) is 25.8. The van der Waals surface area contributed by atoms with Crippen molar-refractivity contribution in [3.05, 3.63) is 150 Å². The first-order valence-electron chi connectivity index (χ1n) is 17.9. The summed E-state index contributed by atoms with van der Waals surface area (Å²) in [6, 6.07) is 41.5. The van der Waals surface area contributed by atoms with Crippen molar-refractivity contribution in [2.24, 2.45) is 0 Å². The fourth-order valence-electron chi connectivity index (χ4n) is 6.69. The molecule has 1 atom stereocenters. The van der Waals surface area contributed by atoms with Crippen LogP contribution in [0.25, 0.3) is 22.5 Å². The molecule has 0 spiro atoms. The van der Waals surface area contributed by atoms with Crippen LogP contribution in [0.1, 0.15) is 48.9 Å². The predicted molar refractivity (Wildman–Crippen MR) is 206 cm³/mol. The molecule has 53 heavy (non-hydrogen) atoms. The highest BCUT2D eigenvalue weighted by Crippen LogP contribution is 2.32. The van der Waals surface area contributed by atoms with Crippen LogP contribution in [0.15, 0.2) is 127 Å². The van der Waals surface area contributed by atoms with Crippen LogP contribution in [0, 0.1) is 0 Å². The number of rotatable bonds is 13. The van der Waals surface area contributed by atoms with Crippen LogP contribution in [-0.4, -0.2) is 44.0 Å². The van der Waals surface area contributed by atoms with E-state index in [1.807, 2.05) is 140 Å². The van der Waals surface area contributed by atoms with Gasteiger partial charge in [-0.2, -0.15) is 5.21 Å². The molecule has 0 fully saturated rings. The third-order valence-electron chi connectivity index (χ3n) is 9.55. The molecule has 0 saturated carbocycles. The van der Waals surface area contributed by atoms with Gasteiger partial charge in [0, 0.05) is 29.8 Å². The van der Waals surface area contributed by atoms with Crippen LogP contribution in [0.4, 0.5) is 5.69 Å². The minimum Gasteiger partial charge on any atom is -0.489 e. The highest BCUT2D eigenvalue weighted by atomic mass is 16.5. The first-order valence-corrected chi connectivity index (χ1v) is 17.9. The highest BCUT2D eigenvalue weighted by molar-refractivity contribution is 6.00. The number of para-hydroxylation sites is 1. The van der Waals surface area contributed by atoms with Crippen LogP contribution >= 0.6 is 0 Å². The van der Waals surface area contributed by atoms with Gasteiger partial charge in [-0.25, -0.2) is 0 Å². The molecule has 5 aromatic carbocycles. The molecule has 0 radical (unpaired) electrons. The van der Waals surface area contributed by atoms with Crippen molar-refractivity contribution in [3.63, 3.8) is 0 Å². The Balaban J connectivity index is 0.976. The summed E-state index contributed by atoms with van der Waals surface area (Å²) in [5.41, 5.74) is 7.49. The minimum atomic E-state index is -0.643. The molecule has 1 aliphatic heterocycles. The molecular formula is C43H43N7O3. The highest BCUT2D eigenvalue weighted by Gasteiger charge is 2.32. The van der Waals surface area contributed by atoms with E-state index in [9.17, 15) is 9.59 Å². The van der Waals surface area contributed by atoms with E-state index >= 15 is 0 Å². The maximum Gasteiger partial charge on any atom is 0.249 e. The third-order valence-corrected chi connectivity index (χ3v) is 9.55. The Hall–Kier alpha value is -6.13. The number of anilines is 1. The van der Waals surface area contributed by atoms with E-state index in [0.717, 1.165) is 50.4 Å². The molecule has 0 bridgehead atoms. The Morgan fingerprint density at radius 3 is 2.28 bits per heavy atom. The summed E-state index contributed by atoms with van der Waals surface area (Å²) in [7, 11) is 0. The molecule has 6 aromatic rings. The lowest BCUT2D eigenvalue weighted by Crippen LogP contribution is -2.50. The largest absolute Gasteiger partial charge is 0.489 e. The molecule has 0 aliphatic carbocycles. The number of aromatic amines is 1. The van der Waals surface area contributed by atoms with Crippen molar-refractivity contribution in [3.8, 4) is 28.3 Å².